The highest BCUT2D eigenvalue weighted by molar-refractivity contribution is 6.32. The van der Waals surface area contributed by atoms with Crippen LogP contribution in [-0.4, -0.2) is 19.0 Å². The lowest BCUT2D eigenvalue weighted by molar-refractivity contribution is 0.0918. The number of halogens is 2. The van der Waals surface area contributed by atoms with Crippen molar-refractivity contribution in [2.24, 2.45) is 5.92 Å². The fraction of sp³-hybridized carbons (Fsp3) is 0.500. The number of Topliss-reactive ketones (excluding diaryl/α,β-unsaturated/α-hetero) is 1. The molecule has 0 saturated carbocycles. The van der Waals surface area contributed by atoms with E-state index >= 15 is 0 Å². The van der Waals surface area contributed by atoms with Crippen molar-refractivity contribution in [1.29, 1.82) is 0 Å². The number of ketones is 1. The van der Waals surface area contributed by atoms with Crippen LogP contribution in [0.1, 0.15) is 49.9 Å². The summed E-state index contributed by atoms with van der Waals surface area (Å²) in [7, 11) is 0. The van der Waals surface area contributed by atoms with Gasteiger partial charge in [-0.05, 0) is 43.9 Å². The molecule has 1 aromatic rings. The molecule has 0 aliphatic carbocycles. The molecule has 2 rings (SSSR count). The van der Waals surface area contributed by atoms with Crippen LogP contribution in [0.4, 0.5) is 4.39 Å². The van der Waals surface area contributed by atoms with Gasteiger partial charge in [-0.1, -0.05) is 24.9 Å². The molecule has 0 saturated heterocycles. The molecule has 0 spiro atoms. The molecule has 0 aromatic heterocycles. The summed E-state index contributed by atoms with van der Waals surface area (Å²) in [5.74, 6) is 0.302. The summed E-state index contributed by atoms with van der Waals surface area (Å²) in [6.45, 7) is 4.93. The van der Waals surface area contributed by atoms with Crippen LogP contribution in [0, 0.1) is 11.7 Å². The predicted molar refractivity (Wildman–Crippen MR) is 88.6 cm³/mol. The number of rotatable bonds is 7. The predicted octanol–water partition coefficient (Wildman–Crippen LogP) is 5.17. The van der Waals surface area contributed by atoms with E-state index in [2.05, 4.69) is 6.92 Å². The topological polar surface area (TPSA) is 35.5 Å². The summed E-state index contributed by atoms with van der Waals surface area (Å²) in [5, 5.41) is -0.153. The van der Waals surface area contributed by atoms with Gasteiger partial charge in [0.2, 0.25) is 0 Å². The van der Waals surface area contributed by atoms with Crippen molar-refractivity contribution in [3.8, 4) is 5.75 Å². The second-order valence-electron chi connectivity index (χ2n) is 5.64. The van der Waals surface area contributed by atoms with Gasteiger partial charge in [-0.2, -0.15) is 0 Å². The first-order valence-electron chi connectivity index (χ1n) is 8.02. The van der Waals surface area contributed by atoms with Crippen LogP contribution in [0.5, 0.6) is 5.75 Å². The van der Waals surface area contributed by atoms with Crippen LogP contribution in [0.15, 0.2) is 24.0 Å². The molecule has 0 fully saturated rings. The first kappa shape index (κ1) is 17.8. The summed E-state index contributed by atoms with van der Waals surface area (Å²) >= 11 is 5.92. The molecule has 1 aliphatic heterocycles. The van der Waals surface area contributed by atoms with Gasteiger partial charge in [0.25, 0.3) is 0 Å². The molecule has 126 valence electrons. The van der Waals surface area contributed by atoms with E-state index in [1.807, 2.05) is 6.08 Å². The zero-order valence-electron chi connectivity index (χ0n) is 13.5. The number of allylic oxidation sites excluding steroid dienone is 2. The molecule has 3 nitrogen and oxygen atoms in total. The highest BCUT2D eigenvalue weighted by Gasteiger charge is 2.21. The van der Waals surface area contributed by atoms with Crippen molar-refractivity contribution in [1.82, 2.24) is 0 Å². The Labute approximate surface area is 141 Å². The molecule has 1 heterocycles. The molecular weight excluding hydrogens is 319 g/mol. The number of ether oxygens (including phenoxy) is 2. The lowest BCUT2D eigenvalue weighted by Crippen LogP contribution is -2.16. The first-order valence-corrected chi connectivity index (χ1v) is 8.40. The van der Waals surface area contributed by atoms with Crippen LogP contribution in [0.2, 0.25) is 5.02 Å². The molecule has 23 heavy (non-hydrogen) atoms. The van der Waals surface area contributed by atoms with E-state index in [1.54, 1.807) is 6.92 Å². The Morgan fingerprint density at radius 1 is 1.43 bits per heavy atom. The number of hydrogen-bond acceptors (Lipinski definition) is 3. The molecule has 0 N–H and O–H groups in total. The molecule has 1 aliphatic rings. The SMILES string of the molecule is CCCC1CC=C(CC(=O)c2ccc(OCC)c(Cl)c2F)OC1. The number of carbonyl (C=O) groups excluding carboxylic acids is 1. The van der Waals surface area contributed by atoms with E-state index in [4.69, 9.17) is 21.1 Å². The van der Waals surface area contributed by atoms with E-state index in [1.165, 1.54) is 12.1 Å². The Balaban J connectivity index is 2.05. The Morgan fingerprint density at radius 3 is 2.83 bits per heavy atom. The second kappa shape index (κ2) is 8.34. The molecule has 0 bridgehead atoms. The van der Waals surface area contributed by atoms with Gasteiger partial charge in [0, 0.05) is 0 Å². The zero-order chi connectivity index (χ0) is 16.8. The summed E-state index contributed by atoms with van der Waals surface area (Å²) in [4.78, 5) is 12.3. The fourth-order valence-corrected chi connectivity index (χ4v) is 2.87. The van der Waals surface area contributed by atoms with Crippen molar-refractivity contribution in [2.75, 3.05) is 13.2 Å². The highest BCUT2D eigenvalue weighted by atomic mass is 35.5. The first-order chi connectivity index (χ1) is 11.1. The number of carbonyl (C=O) groups is 1. The summed E-state index contributed by atoms with van der Waals surface area (Å²) < 4.78 is 25.1. The van der Waals surface area contributed by atoms with Crippen molar-refractivity contribution in [3.05, 3.63) is 40.4 Å². The van der Waals surface area contributed by atoms with E-state index in [9.17, 15) is 9.18 Å². The summed E-state index contributed by atoms with van der Waals surface area (Å²) in [6, 6.07) is 2.94. The van der Waals surface area contributed by atoms with Crippen LogP contribution in [0.25, 0.3) is 0 Å². The maximum Gasteiger partial charge on any atom is 0.173 e. The lowest BCUT2D eigenvalue weighted by atomic mass is 9.97. The van der Waals surface area contributed by atoms with Crippen LogP contribution in [0.3, 0.4) is 0 Å². The molecule has 0 radical (unpaired) electrons. The Morgan fingerprint density at radius 2 is 2.22 bits per heavy atom. The van der Waals surface area contributed by atoms with Crippen molar-refractivity contribution >= 4 is 17.4 Å². The van der Waals surface area contributed by atoms with Crippen LogP contribution >= 0.6 is 11.6 Å². The van der Waals surface area contributed by atoms with Gasteiger partial charge < -0.3 is 9.47 Å². The molecule has 5 heteroatoms. The third-order valence-electron chi connectivity index (χ3n) is 3.86. The Kier molecular flexibility index (Phi) is 6.46. The maximum atomic E-state index is 14.3. The normalized spacial score (nSPS) is 17.4. The van der Waals surface area contributed by atoms with Crippen molar-refractivity contribution in [2.45, 2.75) is 39.5 Å². The summed E-state index contributed by atoms with van der Waals surface area (Å²) in [5.41, 5.74) is -0.0290. The largest absolute Gasteiger partial charge is 0.497 e. The Hall–Kier alpha value is -1.55. The minimum Gasteiger partial charge on any atom is -0.497 e. The van der Waals surface area contributed by atoms with Gasteiger partial charge in [0.15, 0.2) is 11.6 Å². The minimum atomic E-state index is -0.733. The zero-order valence-corrected chi connectivity index (χ0v) is 14.3. The maximum absolute atomic E-state index is 14.3. The van der Waals surface area contributed by atoms with E-state index in [0.717, 1.165) is 19.3 Å². The molecular formula is C18H22ClFO3. The number of hydrogen-bond donors (Lipinski definition) is 0. The van der Waals surface area contributed by atoms with E-state index < -0.39 is 5.82 Å². The molecule has 1 atom stereocenters. The third kappa shape index (κ3) is 4.47. The third-order valence-corrected chi connectivity index (χ3v) is 4.21. The fourth-order valence-electron chi connectivity index (χ4n) is 2.65. The van der Waals surface area contributed by atoms with Gasteiger partial charge in [0.1, 0.15) is 10.8 Å². The molecule has 0 amide bonds. The van der Waals surface area contributed by atoms with Crippen LogP contribution in [-0.2, 0) is 4.74 Å². The van der Waals surface area contributed by atoms with Gasteiger partial charge >= 0.3 is 0 Å². The highest BCUT2D eigenvalue weighted by Crippen LogP contribution is 2.31. The average molecular weight is 341 g/mol. The van der Waals surface area contributed by atoms with E-state index in [0.29, 0.717) is 24.9 Å². The van der Waals surface area contributed by atoms with Crippen molar-refractivity contribution in [3.63, 3.8) is 0 Å². The average Bonchev–Trinajstić information content (AvgIpc) is 2.54. The van der Waals surface area contributed by atoms with Crippen LogP contribution < -0.4 is 4.74 Å². The van der Waals surface area contributed by atoms with E-state index in [-0.39, 0.29) is 28.5 Å². The van der Waals surface area contributed by atoms with Gasteiger partial charge in [-0.15, -0.1) is 0 Å². The monoisotopic (exact) mass is 340 g/mol. The summed E-state index contributed by atoms with van der Waals surface area (Å²) in [6.07, 6.45) is 5.13. The van der Waals surface area contributed by atoms with Crippen molar-refractivity contribution < 1.29 is 18.7 Å². The molecule has 1 unspecified atom stereocenters. The van der Waals surface area contributed by atoms with Gasteiger partial charge in [0.05, 0.1) is 31.0 Å². The standard InChI is InChI=1S/C18H22ClFO3/c1-3-5-12-6-7-13(23-11-12)10-15(21)14-8-9-16(22-4-2)17(19)18(14)20/h7-9,12H,3-6,10-11H2,1-2H3. The molecule has 1 aromatic carbocycles. The quantitative estimate of drug-likeness (QED) is 0.642. The lowest BCUT2D eigenvalue weighted by Gasteiger charge is -2.22. The van der Waals surface area contributed by atoms with Gasteiger partial charge in [-0.3, -0.25) is 4.79 Å². The second-order valence-corrected chi connectivity index (χ2v) is 6.02. The smallest absolute Gasteiger partial charge is 0.173 e. The number of benzene rings is 1. The Bertz CT molecular complexity index is 598. The van der Waals surface area contributed by atoms with Gasteiger partial charge in [-0.25, -0.2) is 4.39 Å². The minimum absolute atomic E-state index is 0.0290.